The van der Waals surface area contributed by atoms with Gasteiger partial charge in [-0.1, -0.05) is 6.08 Å². The molecule has 1 amide bonds. The Bertz CT molecular complexity index is 168. The molecule has 68 valence electrons. The van der Waals surface area contributed by atoms with Crippen molar-refractivity contribution in [2.75, 3.05) is 13.1 Å². The van der Waals surface area contributed by atoms with Crippen LogP contribution in [0.2, 0.25) is 0 Å². The minimum absolute atomic E-state index is 0.186. The van der Waals surface area contributed by atoms with Crippen molar-refractivity contribution in [3.05, 3.63) is 12.7 Å². The first-order valence-electron chi connectivity index (χ1n) is 4.44. The van der Waals surface area contributed by atoms with Crippen molar-refractivity contribution in [2.24, 2.45) is 0 Å². The Kier molecular flexibility index (Phi) is 3.80. The minimum atomic E-state index is 0.186. The van der Waals surface area contributed by atoms with Crippen LogP contribution in [0.25, 0.3) is 0 Å². The van der Waals surface area contributed by atoms with Crippen molar-refractivity contribution in [1.29, 1.82) is 0 Å². The molecule has 1 rings (SSSR count). The fraction of sp³-hybridized carbons (Fsp3) is 0.667. The molecule has 1 fully saturated rings. The Hall–Kier alpha value is -0.830. The molecule has 3 heteroatoms. The molecule has 1 atom stereocenters. The summed E-state index contributed by atoms with van der Waals surface area (Å²) >= 11 is 0. The SMILES string of the molecule is C=CCCNCC1CCC(=O)N1. The fourth-order valence-corrected chi connectivity index (χ4v) is 1.31. The lowest BCUT2D eigenvalue weighted by Gasteiger charge is -2.09. The molecule has 0 bridgehead atoms. The van der Waals surface area contributed by atoms with E-state index >= 15 is 0 Å². The summed E-state index contributed by atoms with van der Waals surface area (Å²) in [6.45, 7) is 5.48. The zero-order valence-electron chi connectivity index (χ0n) is 7.31. The molecule has 1 heterocycles. The Morgan fingerprint density at radius 3 is 3.17 bits per heavy atom. The topological polar surface area (TPSA) is 41.1 Å². The van der Waals surface area contributed by atoms with Crippen LogP contribution in [-0.4, -0.2) is 25.0 Å². The number of carbonyl (C=O) groups excluding carboxylic acids is 1. The van der Waals surface area contributed by atoms with Gasteiger partial charge in [0.2, 0.25) is 5.91 Å². The van der Waals surface area contributed by atoms with E-state index in [1.54, 1.807) is 0 Å². The minimum Gasteiger partial charge on any atom is -0.352 e. The third-order valence-corrected chi connectivity index (χ3v) is 2.00. The summed E-state index contributed by atoms with van der Waals surface area (Å²) in [5.74, 6) is 0.186. The zero-order valence-corrected chi connectivity index (χ0v) is 7.31. The molecule has 0 aromatic rings. The molecule has 0 radical (unpaired) electrons. The van der Waals surface area contributed by atoms with Crippen LogP contribution in [-0.2, 0) is 4.79 Å². The van der Waals surface area contributed by atoms with Gasteiger partial charge in [-0.3, -0.25) is 4.79 Å². The van der Waals surface area contributed by atoms with Crippen molar-refractivity contribution in [2.45, 2.75) is 25.3 Å². The molecule has 2 N–H and O–H groups in total. The van der Waals surface area contributed by atoms with Crippen molar-refractivity contribution in [3.8, 4) is 0 Å². The molecule has 1 unspecified atom stereocenters. The standard InChI is InChI=1S/C9H16N2O/c1-2-3-6-10-7-8-4-5-9(12)11-8/h2,8,10H,1,3-7H2,(H,11,12). The van der Waals surface area contributed by atoms with E-state index in [0.29, 0.717) is 12.5 Å². The maximum absolute atomic E-state index is 10.8. The van der Waals surface area contributed by atoms with Crippen LogP contribution < -0.4 is 10.6 Å². The van der Waals surface area contributed by atoms with E-state index in [4.69, 9.17) is 0 Å². The summed E-state index contributed by atoms with van der Waals surface area (Å²) in [6, 6.07) is 0.349. The maximum atomic E-state index is 10.8. The van der Waals surface area contributed by atoms with Crippen molar-refractivity contribution in [3.63, 3.8) is 0 Å². The average Bonchev–Trinajstić information content (AvgIpc) is 2.45. The first-order valence-corrected chi connectivity index (χ1v) is 4.44. The zero-order chi connectivity index (χ0) is 8.81. The summed E-state index contributed by atoms with van der Waals surface area (Å²) in [7, 11) is 0. The second-order valence-corrected chi connectivity index (χ2v) is 3.08. The molecular formula is C9H16N2O. The number of hydrogen-bond donors (Lipinski definition) is 2. The molecule has 0 saturated carbocycles. The van der Waals surface area contributed by atoms with Gasteiger partial charge in [-0.25, -0.2) is 0 Å². The lowest BCUT2D eigenvalue weighted by molar-refractivity contribution is -0.119. The molecule has 1 aliphatic heterocycles. The fourth-order valence-electron chi connectivity index (χ4n) is 1.31. The Morgan fingerprint density at radius 2 is 2.58 bits per heavy atom. The van der Waals surface area contributed by atoms with Gasteiger partial charge in [-0.2, -0.15) is 0 Å². The quantitative estimate of drug-likeness (QED) is 0.462. The molecule has 1 saturated heterocycles. The first-order chi connectivity index (χ1) is 5.83. The van der Waals surface area contributed by atoms with E-state index in [-0.39, 0.29) is 5.91 Å². The second-order valence-electron chi connectivity index (χ2n) is 3.08. The van der Waals surface area contributed by atoms with Crippen LogP contribution in [0.1, 0.15) is 19.3 Å². The van der Waals surface area contributed by atoms with Crippen LogP contribution in [0.3, 0.4) is 0 Å². The molecule has 0 aromatic carbocycles. The first kappa shape index (κ1) is 9.26. The van der Waals surface area contributed by atoms with Crippen LogP contribution >= 0.6 is 0 Å². The molecule has 12 heavy (non-hydrogen) atoms. The third-order valence-electron chi connectivity index (χ3n) is 2.00. The highest BCUT2D eigenvalue weighted by Gasteiger charge is 2.19. The molecule has 0 aliphatic carbocycles. The predicted molar refractivity (Wildman–Crippen MR) is 48.8 cm³/mol. The van der Waals surface area contributed by atoms with Gasteiger partial charge in [0.05, 0.1) is 0 Å². The van der Waals surface area contributed by atoms with Crippen molar-refractivity contribution >= 4 is 5.91 Å². The summed E-state index contributed by atoms with van der Waals surface area (Å²) in [4.78, 5) is 10.8. The van der Waals surface area contributed by atoms with Crippen LogP contribution in [0.15, 0.2) is 12.7 Å². The predicted octanol–water partition coefficient (Wildman–Crippen LogP) is 0.431. The van der Waals surface area contributed by atoms with Crippen molar-refractivity contribution in [1.82, 2.24) is 10.6 Å². The highest BCUT2D eigenvalue weighted by Crippen LogP contribution is 2.04. The summed E-state index contributed by atoms with van der Waals surface area (Å²) in [5.41, 5.74) is 0. The monoisotopic (exact) mass is 168 g/mol. The number of amides is 1. The Labute approximate surface area is 73.2 Å². The normalized spacial score (nSPS) is 22.3. The summed E-state index contributed by atoms with van der Waals surface area (Å²) in [6.07, 6.45) is 4.54. The summed E-state index contributed by atoms with van der Waals surface area (Å²) < 4.78 is 0. The average molecular weight is 168 g/mol. The highest BCUT2D eigenvalue weighted by molar-refractivity contribution is 5.78. The van der Waals surface area contributed by atoms with Gasteiger partial charge in [0.25, 0.3) is 0 Å². The van der Waals surface area contributed by atoms with Crippen LogP contribution in [0.5, 0.6) is 0 Å². The van der Waals surface area contributed by atoms with Gasteiger partial charge in [-0.05, 0) is 19.4 Å². The number of hydrogen-bond acceptors (Lipinski definition) is 2. The molecular weight excluding hydrogens is 152 g/mol. The summed E-state index contributed by atoms with van der Waals surface area (Å²) in [5, 5.41) is 6.17. The number of nitrogens with one attached hydrogen (secondary N) is 2. The van der Waals surface area contributed by atoms with E-state index in [1.807, 2.05) is 6.08 Å². The second kappa shape index (κ2) is 4.93. The third kappa shape index (κ3) is 3.05. The smallest absolute Gasteiger partial charge is 0.220 e. The largest absolute Gasteiger partial charge is 0.352 e. The molecule has 1 aliphatic rings. The number of carbonyl (C=O) groups is 1. The van der Waals surface area contributed by atoms with Gasteiger partial charge in [-0.15, -0.1) is 6.58 Å². The van der Waals surface area contributed by atoms with E-state index in [2.05, 4.69) is 17.2 Å². The van der Waals surface area contributed by atoms with E-state index < -0.39 is 0 Å². The van der Waals surface area contributed by atoms with E-state index in [9.17, 15) is 4.79 Å². The van der Waals surface area contributed by atoms with Gasteiger partial charge >= 0.3 is 0 Å². The van der Waals surface area contributed by atoms with Crippen LogP contribution in [0, 0.1) is 0 Å². The Balaban J connectivity index is 2.00. The molecule has 0 aromatic heterocycles. The van der Waals surface area contributed by atoms with E-state index in [1.165, 1.54) is 0 Å². The number of rotatable bonds is 5. The molecule has 0 spiro atoms. The van der Waals surface area contributed by atoms with Gasteiger partial charge < -0.3 is 10.6 Å². The van der Waals surface area contributed by atoms with Gasteiger partial charge in [0.1, 0.15) is 0 Å². The van der Waals surface area contributed by atoms with Crippen LogP contribution in [0.4, 0.5) is 0 Å². The lowest BCUT2D eigenvalue weighted by atomic mass is 10.2. The molecule has 3 nitrogen and oxygen atoms in total. The lowest BCUT2D eigenvalue weighted by Crippen LogP contribution is -2.35. The van der Waals surface area contributed by atoms with Gasteiger partial charge in [0.15, 0.2) is 0 Å². The maximum Gasteiger partial charge on any atom is 0.220 e. The Morgan fingerprint density at radius 1 is 1.75 bits per heavy atom. The highest BCUT2D eigenvalue weighted by atomic mass is 16.1. The van der Waals surface area contributed by atoms with Crippen molar-refractivity contribution < 1.29 is 4.79 Å². The van der Waals surface area contributed by atoms with Gasteiger partial charge in [0, 0.05) is 19.0 Å². The van der Waals surface area contributed by atoms with E-state index in [0.717, 1.165) is 25.9 Å².